The molecule has 25 heavy (non-hydrogen) atoms. The summed E-state index contributed by atoms with van der Waals surface area (Å²) in [5.74, 6) is -0.619. The maximum Gasteiger partial charge on any atom is 0.259 e. The molecule has 0 saturated carbocycles. The van der Waals surface area contributed by atoms with Crippen molar-refractivity contribution in [2.45, 2.75) is 39.2 Å². The summed E-state index contributed by atoms with van der Waals surface area (Å²) in [5, 5.41) is 16.7. The van der Waals surface area contributed by atoms with E-state index in [0.717, 1.165) is 18.5 Å². The first kappa shape index (κ1) is 19.4. The van der Waals surface area contributed by atoms with Crippen molar-refractivity contribution in [2.24, 2.45) is 0 Å². The Labute approximate surface area is 158 Å². The fourth-order valence-electron chi connectivity index (χ4n) is 2.65. The molecular formula is C19H22Cl2N2O2. The average molecular weight is 381 g/mol. The number of hydrogen-bond acceptors (Lipinski definition) is 3. The molecule has 0 aliphatic heterocycles. The zero-order chi connectivity index (χ0) is 18.6. The van der Waals surface area contributed by atoms with E-state index in [1.807, 2.05) is 6.07 Å². The van der Waals surface area contributed by atoms with E-state index >= 15 is 0 Å². The number of nitrogens with one attached hydrogen (secondary N) is 2. The van der Waals surface area contributed by atoms with E-state index in [-0.39, 0.29) is 16.9 Å². The number of halogens is 2. The first-order valence-corrected chi connectivity index (χ1v) is 8.85. The zero-order valence-corrected chi connectivity index (χ0v) is 16.0. The van der Waals surface area contributed by atoms with Gasteiger partial charge in [0, 0.05) is 16.2 Å². The van der Waals surface area contributed by atoms with E-state index in [4.69, 9.17) is 23.2 Å². The quantitative estimate of drug-likeness (QED) is 0.580. The fraction of sp³-hybridized carbons (Fsp3) is 0.316. The predicted octanol–water partition coefficient (Wildman–Crippen LogP) is 5.94. The molecule has 0 heterocycles. The summed E-state index contributed by atoms with van der Waals surface area (Å²) in [6, 6.07) is 9.65. The van der Waals surface area contributed by atoms with Crippen LogP contribution in [0.2, 0.25) is 10.0 Å². The van der Waals surface area contributed by atoms with Gasteiger partial charge in [0.25, 0.3) is 5.91 Å². The standard InChI is InChI=1S/C19H22Cl2N2O2/c1-4-9-19(2,3)23-13-6-7-16(15(21)11-13)22-18(25)14-10-12(20)5-8-17(14)24/h5-8,10-11,23-24H,4,9H2,1-3H3,(H,22,25). The number of carbonyl (C=O) groups is 1. The number of aromatic hydroxyl groups is 1. The van der Waals surface area contributed by atoms with Crippen LogP contribution in [0.15, 0.2) is 36.4 Å². The number of hydrogen-bond donors (Lipinski definition) is 3. The Hall–Kier alpha value is -1.91. The van der Waals surface area contributed by atoms with Gasteiger partial charge in [-0.15, -0.1) is 0 Å². The summed E-state index contributed by atoms with van der Waals surface area (Å²) in [6.45, 7) is 6.39. The van der Waals surface area contributed by atoms with Crippen LogP contribution in [0, 0.1) is 0 Å². The van der Waals surface area contributed by atoms with Gasteiger partial charge < -0.3 is 15.7 Å². The van der Waals surface area contributed by atoms with Crippen molar-refractivity contribution >= 4 is 40.5 Å². The first-order chi connectivity index (χ1) is 11.7. The van der Waals surface area contributed by atoms with Crippen LogP contribution in [0.5, 0.6) is 5.75 Å². The van der Waals surface area contributed by atoms with Gasteiger partial charge in [0.15, 0.2) is 0 Å². The normalized spacial score (nSPS) is 11.2. The van der Waals surface area contributed by atoms with Crippen molar-refractivity contribution in [2.75, 3.05) is 10.6 Å². The maximum absolute atomic E-state index is 12.3. The summed E-state index contributed by atoms with van der Waals surface area (Å²) >= 11 is 12.2. The van der Waals surface area contributed by atoms with Crippen LogP contribution in [0.4, 0.5) is 11.4 Å². The van der Waals surface area contributed by atoms with E-state index in [9.17, 15) is 9.90 Å². The number of benzene rings is 2. The van der Waals surface area contributed by atoms with Crippen molar-refractivity contribution < 1.29 is 9.90 Å². The van der Waals surface area contributed by atoms with Gasteiger partial charge in [-0.25, -0.2) is 0 Å². The largest absolute Gasteiger partial charge is 0.507 e. The molecule has 0 radical (unpaired) electrons. The highest BCUT2D eigenvalue weighted by Gasteiger charge is 2.17. The second-order valence-corrected chi connectivity index (χ2v) is 7.41. The summed E-state index contributed by atoms with van der Waals surface area (Å²) in [6.07, 6.45) is 2.10. The molecule has 2 aromatic rings. The van der Waals surface area contributed by atoms with Crippen LogP contribution in [-0.2, 0) is 0 Å². The molecule has 4 nitrogen and oxygen atoms in total. The second-order valence-electron chi connectivity index (χ2n) is 6.57. The van der Waals surface area contributed by atoms with Crippen LogP contribution >= 0.6 is 23.2 Å². The topological polar surface area (TPSA) is 61.4 Å². The van der Waals surface area contributed by atoms with Gasteiger partial charge in [0.2, 0.25) is 0 Å². The molecular weight excluding hydrogens is 359 g/mol. The lowest BCUT2D eigenvalue weighted by atomic mass is 9.98. The molecule has 0 fully saturated rings. The van der Waals surface area contributed by atoms with Gasteiger partial charge >= 0.3 is 0 Å². The highest BCUT2D eigenvalue weighted by molar-refractivity contribution is 6.34. The molecule has 0 aliphatic carbocycles. The van der Waals surface area contributed by atoms with E-state index in [2.05, 4.69) is 31.4 Å². The van der Waals surface area contributed by atoms with Crippen molar-refractivity contribution in [1.29, 1.82) is 0 Å². The highest BCUT2D eigenvalue weighted by Crippen LogP contribution is 2.29. The number of phenols is 1. The van der Waals surface area contributed by atoms with Crippen LogP contribution in [0.25, 0.3) is 0 Å². The lowest BCUT2D eigenvalue weighted by Gasteiger charge is -2.27. The van der Waals surface area contributed by atoms with Gasteiger partial charge in [-0.05, 0) is 56.7 Å². The third kappa shape index (κ3) is 5.28. The number of amides is 1. The molecule has 2 aromatic carbocycles. The highest BCUT2D eigenvalue weighted by atomic mass is 35.5. The van der Waals surface area contributed by atoms with E-state index in [1.54, 1.807) is 12.1 Å². The van der Waals surface area contributed by atoms with Crippen molar-refractivity contribution in [3.63, 3.8) is 0 Å². The number of anilines is 2. The summed E-state index contributed by atoms with van der Waals surface area (Å²) in [4.78, 5) is 12.3. The SMILES string of the molecule is CCCC(C)(C)Nc1ccc(NC(=O)c2cc(Cl)ccc2O)c(Cl)c1. The molecule has 0 atom stereocenters. The summed E-state index contributed by atoms with van der Waals surface area (Å²) in [5.41, 5.74) is 1.39. The van der Waals surface area contributed by atoms with Crippen molar-refractivity contribution in [3.8, 4) is 5.75 Å². The van der Waals surface area contributed by atoms with Crippen LogP contribution < -0.4 is 10.6 Å². The van der Waals surface area contributed by atoms with E-state index in [0.29, 0.717) is 15.7 Å². The molecule has 2 rings (SSSR count). The molecule has 6 heteroatoms. The van der Waals surface area contributed by atoms with E-state index < -0.39 is 5.91 Å². The Morgan fingerprint density at radius 2 is 1.88 bits per heavy atom. The Bertz CT molecular complexity index is 776. The van der Waals surface area contributed by atoms with Gasteiger partial charge in [-0.3, -0.25) is 4.79 Å². The second kappa shape index (κ2) is 7.98. The third-order valence-electron chi connectivity index (χ3n) is 3.78. The van der Waals surface area contributed by atoms with Gasteiger partial charge in [-0.2, -0.15) is 0 Å². The van der Waals surface area contributed by atoms with Crippen LogP contribution in [-0.4, -0.2) is 16.6 Å². The average Bonchev–Trinajstić information content (AvgIpc) is 2.51. The van der Waals surface area contributed by atoms with Gasteiger partial charge in [0.05, 0.1) is 16.3 Å². The molecule has 0 spiro atoms. The van der Waals surface area contributed by atoms with Gasteiger partial charge in [-0.1, -0.05) is 36.5 Å². The summed E-state index contributed by atoms with van der Waals surface area (Å²) < 4.78 is 0. The molecule has 0 aliphatic rings. The van der Waals surface area contributed by atoms with Crippen molar-refractivity contribution in [1.82, 2.24) is 0 Å². The predicted molar refractivity (Wildman–Crippen MR) is 105 cm³/mol. The number of rotatable bonds is 6. The molecule has 0 bridgehead atoms. The lowest BCUT2D eigenvalue weighted by Crippen LogP contribution is -2.30. The minimum atomic E-state index is -0.478. The fourth-order valence-corrected chi connectivity index (χ4v) is 3.05. The third-order valence-corrected chi connectivity index (χ3v) is 4.33. The zero-order valence-electron chi connectivity index (χ0n) is 14.5. The van der Waals surface area contributed by atoms with Crippen LogP contribution in [0.3, 0.4) is 0 Å². The van der Waals surface area contributed by atoms with Gasteiger partial charge in [0.1, 0.15) is 5.75 Å². The molecule has 0 aromatic heterocycles. The maximum atomic E-state index is 12.3. The Kier molecular flexibility index (Phi) is 6.20. The van der Waals surface area contributed by atoms with Crippen molar-refractivity contribution in [3.05, 3.63) is 52.0 Å². The van der Waals surface area contributed by atoms with Crippen LogP contribution in [0.1, 0.15) is 44.0 Å². The minimum Gasteiger partial charge on any atom is -0.507 e. The minimum absolute atomic E-state index is 0.0462. The molecule has 1 amide bonds. The Morgan fingerprint density at radius 1 is 1.16 bits per heavy atom. The molecule has 0 unspecified atom stereocenters. The lowest BCUT2D eigenvalue weighted by molar-refractivity contribution is 0.102. The monoisotopic (exact) mass is 380 g/mol. The smallest absolute Gasteiger partial charge is 0.259 e. The first-order valence-electron chi connectivity index (χ1n) is 8.09. The number of phenolic OH excluding ortho intramolecular Hbond substituents is 1. The molecule has 134 valence electrons. The number of carbonyl (C=O) groups excluding carboxylic acids is 1. The summed E-state index contributed by atoms with van der Waals surface area (Å²) in [7, 11) is 0. The molecule has 3 N–H and O–H groups in total. The Morgan fingerprint density at radius 3 is 2.52 bits per heavy atom. The van der Waals surface area contributed by atoms with E-state index in [1.165, 1.54) is 18.2 Å². The Balaban J connectivity index is 2.16. The molecule has 0 saturated heterocycles.